The van der Waals surface area contributed by atoms with Crippen LogP contribution in [0.5, 0.6) is 0 Å². The van der Waals surface area contributed by atoms with Crippen molar-refractivity contribution in [2.24, 2.45) is 0 Å². The molecule has 37 heavy (non-hydrogen) atoms. The van der Waals surface area contributed by atoms with E-state index in [1.165, 1.54) is 70.6 Å². The number of amides is 1. The number of nitrogens with zero attached hydrogens (tertiary/aromatic N) is 1. The Morgan fingerprint density at radius 3 is 1.65 bits per heavy atom. The summed E-state index contributed by atoms with van der Waals surface area (Å²) in [7, 11) is 0. The third-order valence-electron chi connectivity index (χ3n) is 7.46. The van der Waals surface area contributed by atoms with Gasteiger partial charge in [0, 0.05) is 12.1 Å². The summed E-state index contributed by atoms with van der Waals surface area (Å²) in [4.78, 5) is 27.7. The number of rotatable bonds is 17. The van der Waals surface area contributed by atoms with Crippen LogP contribution in [0.2, 0.25) is 0 Å². The molecule has 0 spiro atoms. The van der Waals surface area contributed by atoms with Crippen molar-refractivity contribution in [1.82, 2.24) is 4.90 Å². The molecule has 1 amide bonds. The normalized spacial score (nSPS) is 17.0. The average molecular weight is 504 g/mol. The Bertz CT molecular complexity index is 983. The van der Waals surface area contributed by atoms with Crippen LogP contribution in [-0.4, -0.2) is 28.2 Å². The first-order valence-electron chi connectivity index (χ1n) is 14.5. The molecular weight excluding hydrogens is 458 g/mol. The van der Waals surface area contributed by atoms with Gasteiger partial charge in [0.1, 0.15) is 5.76 Å². The van der Waals surface area contributed by atoms with Gasteiger partial charge in [0.2, 0.25) is 0 Å². The van der Waals surface area contributed by atoms with Crippen LogP contribution in [0.3, 0.4) is 0 Å². The van der Waals surface area contributed by atoms with Gasteiger partial charge in [-0.3, -0.25) is 9.59 Å². The van der Waals surface area contributed by atoms with E-state index in [1.807, 2.05) is 48.5 Å². The number of ketones is 1. The second kappa shape index (κ2) is 16.1. The van der Waals surface area contributed by atoms with Crippen molar-refractivity contribution in [1.29, 1.82) is 0 Å². The van der Waals surface area contributed by atoms with Gasteiger partial charge in [0.15, 0.2) is 0 Å². The molecule has 4 heteroatoms. The third-order valence-corrected chi connectivity index (χ3v) is 7.46. The molecule has 1 unspecified atom stereocenters. The Labute approximate surface area is 223 Å². The number of hydrogen-bond acceptors (Lipinski definition) is 3. The van der Waals surface area contributed by atoms with Crippen LogP contribution in [-0.2, 0) is 9.59 Å². The third kappa shape index (κ3) is 8.59. The average Bonchev–Trinajstić information content (AvgIpc) is 3.18. The highest BCUT2D eigenvalue weighted by atomic mass is 16.3. The number of likely N-dealkylation sites (tertiary alicyclic amines) is 1. The van der Waals surface area contributed by atoms with E-state index in [4.69, 9.17) is 0 Å². The Kier molecular flexibility index (Phi) is 12.5. The minimum absolute atomic E-state index is 0.101. The molecule has 1 heterocycles. The van der Waals surface area contributed by atoms with Crippen LogP contribution >= 0.6 is 0 Å². The van der Waals surface area contributed by atoms with Crippen LogP contribution in [0.1, 0.15) is 114 Å². The van der Waals surface area contributed by atoms with Gasteiger partial charge in [-0.25, -0.2) is 0 Å². The second-order valence-corrected chi connectivity index (χ2v) is 10.4. The maximum atomic E-state index is 13.1. The monoisotopic (exact) mass is 503 g/mol. The van der Waals surface area contributed by atoms with E-state index in [9.17, 15) is 14.7 Å². The minimum Gasteiger partial charge on any atom is -0.507 e. The van der Waals surface area contributed by atoms with Gasteiger partial charge in [-0.15, -0.1) is 0 Å². The highest BCUT2D eigenvalue weighted by molar-refractivity contribution is 6.46. The van der Waals surface area contributed by atoms with E-state index >= 15 is 0 Å². The molecule has 1 N–H and O–H groups in total. The molecule has 200 valence electrons. The predicted octanol–water partition coefficient (Wildman–Crippen LogP) is 8.59. The van der Waals surface area contributed by atoms with E-state index in [0.717, 1.165) is 24.8 Å². The number of carbonyl (C=O) groups is 2. The summed E-state index contributed by atoms with van der Waals surface area (Å²) in [5.41, 5.74) is 1.59. The number of carbonyl (C=O) groups excluding carboxylic acids is 2. The molecule has 2 aromatic rings. The molecule has 2 aromatic carbocycles. The molecule has 0 bridgehead atoms. The number of unbranched alkanes of at least 4 members (excludes halogenated alkanes) is 13. The van der Waals surface area contributed by atoms with Crippen molar-refractivity contribution >= 4 is 17.4 Å². The van der Waals surface area contributed by atoms with Crippen molar-refractivity contribution in [3.8, 4) is 0 Å². The summed E-state index contributed by atoms with van der Waals surface area (Å²) in [6.45, 7) is 2.79. The highest BCUT2D eigenvalue weighted by Gasteiger charge is 2.45. The second-order valence-electron chi connectivity index (χ2n) is 10.4. The lowest BCUT2D eigenvalue weighted by molar-refractivity contribution is -0.139. The van der Waals surface area contributed by atoms with E-state index < -0.39 is 17.7 Å². The Morgan fingerprint density at radius 2 is 1.14 bits per heavy atom. The Morgan fingerprint density at radius 1 is 0.676 bits per heavy atom. The highest BCUT2D eigenvalue weighted by Crippen LogP contribution is 2.39. The molecule has 1 atom stereocenters. The number of Topliss-reactive ketones (excluding diaryl/α,β-unsaturated/α-hetero) is 1. The lowest BCUT2D eigenvalue weighted by atomic mass is 9.95. The zero-order valence-corrected chi connectivity index (χ0v) is 22.7. The minimum atomic E-state index is -0.597. The van der Waals surface area contributed by atoms with Crippen molar-refractivity contribution < 1.29 is 14.7 Å². The smallest absolute Gasteiger partial charge is 0.295 e. The number of hydrogen-bond donors (Lipinski definition) is 1. The predicted molar refractivity (Wildman–Crippen MR) is 152 cm³/mol. The quantitative estimate of drug-likeness (QED) is 0.102. The largest absolute Gasteiger partial charge is 0.507 e. The van der Waals surface area contributed by atoms with Gasteiger partial charge in [-0.1, -0.05) is 151 Å². The van der Waals surface area contributed by atoms with Gasteiger partial charge in [0.05, 0.1) is 11.6 Å². The lowest BCUT2D eigenvalue weighted by Gasteiger charge is -2.25. The van der Waals surface area contributed by atoms with Crippen LogP contribution in [0.15, 0.2) is 66.2 Å². The fraction of sp³-hybridized carbons (Fsp3) is 0.515. The fourth-order valence-electron chi connectivity index (χ4n) is 5.32. The van der Waals surface area contributed by atoms with Gasteiger partial charge in [-0.05, 0) is 12.0 Å². The SMILES string of the molecule is CCCCCCCCCCCCCCCCN1C(=O)C(=O)/C(=C(/O)c2ccccc2)C1c1ccccc1. The van der Waals surface area contributed by atoms with E-state index in [0.29, 0.717) is 12.1 Å². The maximum absolute atomic E-state index is 13.1. The Hall–Kier alpha value is -2.88. The molecule has 1 fully saturated rings. The van der Waals surface area contributed by atoms with Crippen LogP contribution < -0.4 is 0 Å². The van der Waals surface area contributed by atoms with Crippen LogP contribution in [0, 0.1) is 0 Å². The summed E-state index contributed by atoms with van der Waals surface area (Å²) in [5.74, 6) is -1.21. The molecule has 1 aliphatic heterocycles. The molecule has 1 saturated heterocycles. The Balaban J connectivity index is 1.47. The molecule has 4 nitrogen and oxygen atoms in total. The molecule has 1 aliphatic rings. The summed E-state index contributed by atoms with van der Waals surface area (Å²) in [6.07, 6.45) is 17.8. The number of aliphatic hydroxyl groups excluding tert-OH is 1. The van der Waals surface area contributed by atoms with E-state index in [2.05, 4.69) is 6.92 Å². The first kappa shape index (κ1) is 28.7. The molecular formula is C33H45NO3. The number of benzene rings is 2. The zero-order chi connectivity index (χ0) is 26.3. The molecule has 0 aliphatic carbocycles. The van der Waals surface area contributed by atoms with Gasteiger partial charge >= 0.3 is 0 Å². The van der Waals surface area contributed by atoms with E-state index in [-0.39, 0.29) is 11.3 Å². The number of aliphatic hydroxyl groups is 1. The van der Waals surface area contributed by atoms with Crippen LogP contribution in [0.4, 0.5) is 0 Å². The van der Waals surface area contributed by atoms with Crippen LogP contribution in [0.25, 0.3) is 5.76 Å². The van der Waals surface area contributed by atoms with Crippen molar-refractivity contribution in [3.63, 3.8) is 0 Å². The standard InChI is InChI=1S/C33H45NO3/c1-2-3-4-5-6-7-8-9-10-11-12-13-14-21-26-34-30(27-22-17-15-18-23-27)29(32(36)33(34)37)31(35)28-24-19-16-20-25-28/h15-20,22-25,30,35H,2-14,21,26H2,1H3/b31-29+. The summed E-state index contributed by atoms with van der Waals surface area (Å²) in [6, 6.07) is 18.0. The molecule has 3 rings (SSSR count). The molecule has 0 radical (unpaired) electrons. The first-order chi connectivity index (χ1) is 18.1. The maximum Gasteiger partial charge on any atom is 0.295 e. The molecule has 0 saturated carbocycles. The summed E-state index contributed by atoms with van der Waals surface area (Å²) < 4.78 is 0. The van der Waals surface area contributed by atoms with Gasteiger partial charge in [-0.2, -0.15) is 0 Å². The first-order valence-corrected chi connectivity index (χ1v) is 14.5. The van der Waals surface area contributed by atoms with Crippen molar-refractivity contribution in [2.45, 2.75) is 103 Å². The summed E-state index contributed by atoms with van der Waals surface area (Å²) >= 11 is 0. The van der Waals surface area contributed by atoms with Gasteiger partial charge < -0.3 is 10.0 Å². The fourth-order valence-corrected chi connectivity index (χ4v) is 5.32. The topological polar surface area (TPSA) is 57.6 Å². The summed E-state index contributed by atoms with van der Waals surface area (Å²) in [5, 5.41) is 11.0. The van der Waals surface area contributed by atoms with Gasteiger partial charge in [0.25, 0.3) is 11.7 Å². The molecule has 0 aromatic heterocycles. The van der Waals surface area contributed by atoms with Crippen molar-refractivity contribution in [3.05, 3.63) is 77.4 Å². The lowest BCUT2D eigenvalue weighted by Crippen LogP contribution is -2.30. The van der Waals surface area contributed by atoms with Crippen molar-refractivity contribution in [2.75, 3.05) is 6.54 Å². The zero-order valence-electron chi connectivity index (χ0n) is 22.7. The van der Waals surface area contributed by atoms with E-state index in [1.54, 1.807) is 17.0 Å².